The summed E-state index contributed by atoms with van der Waals surface area (Å²) in [7, 11) is 0. The third-order valence-corrected chi connectivity index (χ3v) is 3.66. The Labute approximate surface area is 103 Å². The number of hydrogen-bond acceptors (Lipinski definition) is 3. The average molecular weight is 287 g/mol. The Bertz CT molecular complexity index is 391. The molecular weight excluding hydrogens is 272 g/mol. The summed E-state index contributed by atoms with van der Waals surface area (Å²) in [6, 6.07) is 1.63. The molecule has 1 aliphatic heterocycles. The van der Waals surface area contributed by atoms with Gasteiger partial charge in [0.1, 0.15) is 11.8 Å². The Balaban J connectivity index is 2.35. The second-order valence-corrected chi connectivity index (χ2v) is 4.81. The molecule has 0 spiro atoms. The third-order valence-electron chi connectivity index (χ3n) is 3.01. The van der Waals surface area contributed by atoms with E-state index in [0.29, 0.717) is 19.4 Å². The van der Waals surface area contributed by atoms with Crippen molar-refractivity contribution in [3.8, 4) is 0 Å². The molecule has 16 heavy (non-hydrogen) atoms. The highest BCUT2D eigenvalue weighted by atomic mass is 79.9. The summed E-state index contributed by atoms with van der Waals surface area (Å²) in [6.07, 6.45) is 2.86. The lowest BCUT2D eigenvalue weighted by Crippen LogP contribution is -2.48. The molecule has 1 saturated heterocycles. The van der Waals surface area contributed by atoms with E-state index >= 15 is 0 Å². The summed E-state index contributed by atoms with van der Waals surface area (Å²) in [4.78, 5) is 13.6. The van der Waals surface area contributed by atoms with E-state index in [1.54, 1.807) is 11.2 Å². The van der Waals surface area contributed by atoms with Crippen molar-refractivity contribution in [2.75, 3.05) is 6.54 Å². The molecule has 2 rings (SSSR count). The maximum Gasteiger partial charge on any atom is 0.223 e. The van der Waals surface area contributed by atoms with Gasteiger partial charge in [0.15, 0.2) is 0 Å². The first-order chi connectivity index (χ1) is 7.65. The molecule has 1 aromatic rings. The van der Waals surface area contributed by atoms with Crippen LogP contribution < -0.4 is 5.73 Å². The normalized spacial score (nSPS) is 26.2. The van der Waals surface area contributed by atoms with Crippen LogP contribution in [0, 0.1) is 0 Å². The lowest BCUT2D eigenvalue weighted by atomic mass is 9.94. The van der Waals surface area contributed by atoms with E-state index in [1.807, 2.05) is 13.0 Å². The van der Waals surface area contributed by atoms with Crippen molar-refractivity contribution in [1.29, 1.82) is 0 Å². The SMILES string of the molecule is CCN1C(=O)CCC(N)C1c1occc1Br. The molecule has 0 saturated carbocycles. The summed E-state index contributed by atoms with van der Waals surface area (Å²) in [6.45, 7) is 2.62. The van der Waals surface area contributed by atoms with Crippen LogP contribution in [0.25, 0.3) is 0 Å². The minimum absolute atomic E-state index is 0.0555. The Kier molecular flexibility index (Phi) is 3.35. The van der Waals surface area contributed by atoms with E-state index in [2.05, 4.69) is 15.9 Å². The lowest BCUT2D eigenvalue weighted by molar-refractivity contribution is -0.137. The van der Waals surface area contributed by atoms with Gasteiger partial charge >= 0.3 is 0 Å². The van der Waals surface area contributed by atoms with Crippen molar-refractivity contribution in [2.45, 2.75) is 31.8 Å². The molecule has 2 unspecified atom stereocenters. The number of likely N-dealkylation sites (N-methyl/N-ethyl adjacent to an activating group) is 1. The van der Waals surface area contributed by atoms with Gasteiger partial charge in [-0.3, -0.25) is 4.79 Å². The molecule has 2 heterocycles. The number of furan rings is 1. The van der Waals surface area contributed by atoms with E-state index in [-0.39, 0.29) is 18.0 Å². The molecule has 0 aromatic carbocycles. The average Bonchev–Trinajstić information content (AvgIpc) is 2.67. The van der Waals surface area contributed by atoms with Gasteiger partial charge in [-0.05, 0) is 35.3 Å². The zero-order valence-electron chi connectivity index (χ0n) is 9.15. The molecule has 88 valence electrons. The predicted molar refractivity (Wildman–Crippen MR) is 63.7 cm³/mol. The smallest absolute Gasteiger partial charge is 0.223 e. The third kappa shape index (κ3) is 1.89. The Morgan fingerprint density at radius 3 is 3.00 bits per heavy atom. The van der Waals surface area contributed by atoms with Crippen LogP contribution in [0.2, 0.25) is 0 Å². The molecular formula is C11H15BrN2O2. The van der Waals surface area contributed by atoms with E-state index in [4.69, 9.17) is 10.2 Å². The highest BCUT2D eigenvalue weighted by molar-refractivity contribution is 9.10. The number of likely N-dealkylation sites (tertiary alicyclic amines) is 1. The standard InChI is InChI=1S/C11H15BrN2O2/c1-2-14-9(15)4-3-8(13)10(14)11-7(12)5-6-16-11/h5-6,8,10H,2-4,13H2,1H3. The minimum Gasteiger partial charge on any atom is -0.466 e. The van der Waals surface area contributed by atoms with E-state index in [0.717, 1.165) is 10.2 Å². The van der Waals surface area contributed by atoms with E-state index < -0.39 is 0 Å². The molecule has 1 aromatic heterocycles. The maximum absolute atomic E-state index is 11.8. The first-order valence-corrected chi connectivity index (χ1v) is 6.22. The molecule has 1 amide bonds. The number of piperidine rings is 1. The second kappa shape index (κ2) is 4.59. The molecule has 1 fully saturated rings. The Morgan fingerprint density at radius 2 is 2.44 bits per heavy atom. The first-order valence-electron chi connectivity index (χ1n) is 5.43. The number of hydrogen-bond donors (Lipinski definition) is 1. The fourth-order valence-corrected chi connectivity index (χ4v) is 2.64. The number of amides is 1. The van der Waals surface area contributed by atoms with E-state index in [1.165, 1.54) is 0 Å². The Morgan fingerprint density at radius 1 is 1.69 bits per heavy atom. The van der Waals surface area contributed by atoms with Gasteiger partial charge in [-0.1, -0.05) is 0 Å². The highest BCUT2D eigenvalue weighted by Gasteiger charge is 2.36. The van der Waals surface area contributed by atoms with Gasteiger partial charge in [0.2, 0.25) is 5.91 Å². The van der Waals surface area contributed by atoms with Crippen LogP contribution in [0.1, 0.15) is 31.6 Å². The summed E-state index contributed by atoms with van der Waals surface area (Å²) in [5, 5.41) is 0. The van der Waals surface area contributed by atoms with E-state index in [9.17, 15) is 4.79 Å². The number of carbonyl (C=O) groups excluding carboxylic acids is 1. The van der Waals surface area contributed by atoms with Gasteiger partial charge in [-0.2, -0.15) is 0 Å². The van der Waals surface area contributed by atoms with Gasteiger partial charge in [0.05, 0.1) is 10.7 Å². The van der Waals surface area contributed by atoms with Gasteiger partial charge in [0, 0.05) is 19.0 Å². The maximum atomic E-state index is 11.8. The first kappa shape index (κ1) is 11.7. The van der Waals surface area contributed by atoms with Crippen molar-refractivity contribution in [2.24, 2.45) is 5.73 Å². The van der Waals surface area contributed by atoms with Crippen molar-refractivity contribution in [1.82, 2.24) is 4.90 Å². The fraction of sp³-hybridized carbons (Fsp3) is 0.545. The molecule has 5 heteroatoms. The number of carbonyl (C=O) groups is 1. The van der Waals surface area contributed by atoms with Crippen molar-refractivity contribution < 1.29 is 9.21 Å². The van der Waals surface area contributed by atoms with Crippen LogP contribution in [0.15, 0.2) is 21.2 Å². The lowest BCUT2D eigenvalue weighted by Gasteiger charge is -2.38. The predicted octanol–water partition coefficient (Wildman–Crippen LogP) is 2.05. The summed E-state index contributed by atoms with van der Waals surface area (Å²) in [5.74, 6) is 0.903. The molecule has 1 aliphatic rings. The van der Waals surface area contributed by atoms with Crippen LogP contribution in [0.3, 0.4) is 0 Å². The molecule has 0 bridgehead atoms. The quantitative estimate of drug-likeness (QED) is 0.905. The van der Waals surface area contributed by atoms with Crippen LogP contribution in [-0.2, 0) is 4.79 Å². The summed E-state index contributed by atoms with van der Waals surface area (Å²) in [5.41, 5.74) is 6.09. The number of halogens is 1. The largest absolute Gasteiger partial charge is 0.466 e. The van der Waals surface area contributed by atoms with Crippen molar-refractivity contribution in [3.63, 3.8) is 0 Å². The van der Waals surface area contributed by atoms with Gasteiger partial charge in [-0.15, -0.1) is 0 Å². The molecule has 2 atom stereocenters. The topological polar surface area (TPSA) is 59.5 Å². The fourth-order valence-electron chi connectivity index (χ4n) is 2.20. The zero-order valence-corrected chi connectivity index (χ0v) is 10.7. The Hall–Kier alpha value is -0.810. The van der Waals surface area contributed by atoms with Crippen LogP contribution in [-0.4, -0.2) is 23.4 Å². The van der Waals surface area contributed by atoms with Crippen LogP contribution in [0.5, 0.6) is 0 Å². The highest BCUT2D eigenvalue weighted by Crippen LogP contribution is 2.35. The molecule has 0 radical (unpaired) electrons. The van der Waals surface area contributed by atoms with Gasteiger partial charge < -0.3 is 15.1 Å². The number of rotatable bonds is 2. The second-order valence-electron chi connectivity index (χ2n) is 3.96. The monoisotopic (exact) mass is 286 g/mol. The van der Waals surface area contributed by atoms with Crippen LogP contribution in [0.4, 0.5) is 0 Å². The summed E-state index contributed by atoms with van der Waals surface area (Å²) < 4.78 is 6.31. The molecule has 0 aliphatic carbocycles. The zero-order chi connectivity index (χ0) is 11.7. The van der Waals surface area contributed by atoms with Crippen LogP contribution >= 0.6 is 15.9 Å². The van der Waals surface area contributed by atoms with Crippen molar-refractivity contribution >= 4 is 21.8 Å². The van der Waals surface area contributed by atoms with Crippen molar-refractivity contribution in [3.05, 3.63) is 22.6 Å². The molecule has 2 N–H and O–H groups in total. The van der Waals surface area contributed by atoms with Gasteiger partial charge in [-0.25, -0.2) is 0 Å². The summed E-state index contributed by atoms with van der Waals surface area (Å²) >= 11 is 3.42. The number of nitrogens with two attached hydrogens (primary N) is 1. The van der Waals surface area contributed by atoms with Gasteiger partial charge in [0.25, 0.3) is 0 Å². The minimum atomic E-state index is -0.143. The number of nitrogens with zero attached hydrogens (tertiary/aromatic N) is 1. The molecule has 4 nitrogen and oxygen atoms in total.